The van der Waals surface area contributed by atoms with Crippen LogP contribution in [-0.4, -0.2) is 37.0 Å². The molecular weight excluding hydrogens is 280 g/mol. The fourth-order valence-corrected chi connectivity index (χ4v) is 3.46. The van der Waals surface area contributed by atoms with Crippen LogP contribution in [0.15, 0.2) is 36.4 Å². The van der Waals surface area contributed by atoms with Crippen LogP contribution in [0.2, 0.25) is 0 Å². The third-order valence-corrected chi connectivity index (χ3v) is 4.91. The number of carbonyl (C=O) groups excluding carboxylic acids is 1. The van der Waals surface area contributed by atoms with Gasteiger partial charge < -0.3 is 9.80 Å². The van der Waals surface area contributed by atoms with E-state index in [0.717, 1.165) is 31.1 Å². The maximum absolute atomic E-state index is 12.4. The molecule has 0 atom stereocenters. The Morgan fingerprint density at radius 1 is 0.952 bits per heavy atom. The van der Waals surface area contributed by atoms with E-state index < -0.39 is 0 Å². The van der Waals surface area contributed by atoms with E-state index in [0.29, 0.717) is 0 Å². The average Bonchev–Trinajstić information content (AvgIpc) is 2.94. The molecule has 0 unspecified atom stereocenters. The first-order valence-corrected chi connectivity index (χ1v) is 8.12. The molecule has 4 heteroatoms. The van der Waals surface area contributed by atoms with E-state index in [-0.39, 0.29) is 5.91 Å². The number of piperazine rings is 1. The number of anilines is 1. The minimum atomic E-state index is 0.177. The molecule has 0 bridgehead atoms. The lowest BCUT2D eigenvalue weighted by Crippen LogP contribution is -2.48. The Morgan fingerprint density at radius 3 is 2.19 bits per heavy atom. The van der Waals surface area contributed by atoms with Gasteiger partial charge in [0.25, 0.3) is 5.91 Å². The molecule has 3 nitrogen and oxygen atoms in total. The maximum Gasteiger partial charge on any atom is 0.264 e. The first kappa shape index (κ1) is 14.1. The molecular formula is C17H20N2OS. The normalized spacial score (nSPS) is 15.3. The van der Waals surface area contributed by atoms with Crippen LogP contribution in [-0.2, 0) is 0 Å². The van der Waals surface area contributed by atoms with Crippen molar-refractivity contribution in [2.45, 2.75) is 13.8 Å². The number of amides is 1. The Balaban J connectivity index is 1.62. The van der Waals surface area contributed by atoms with Crippen LogP contribution in [0.4, 0.5) is 5.69 Å². The zero-order valence-electron chi connectivity index (χ0n) is 12.5. The molecule has 1 aliphatic heterocycles. The molecule has 3 rings (SSSR count). The van der Waals surface area contributed by atoms with Crippen molar-refractivity contribution in [1.82, 2.24) is 4.90 Å². The number of benzene rings is 1. The Morgan fingerprint density at radius 2 is 1.62 bits per heavy atom. The summed E-state index contributed by atoms with van der Waals surface area (Å²) in [4.78, 5) is 18.8. The lowest BCUT2D eigenvalue weighted by Gasteiger charge is -2.36. The molecule has 1 aliphatic rings. The molecule has 21 heavy (non-hydrogen) atoms. The Kier molecular flexibility index (Phi) is 3.97. The van der Waals surface area contributed by atoms with Crippen LogP contribution in [0, 0.1) is 13.8 Å². The second kappa shape index (κ2) is 5.90. The van der Waals surface area contributed by atoms with Crippen LogP contribution in [0.5, 0.6) is 0 Å². The Hall–Kier alpha value is -1.81. The molecule has 2 heterocycles. The highest BCUT2D eigenvalue weighted by atomic mass is 32.1. The Bertz CT molecular complexity index is 624. The van der Waals surface area contributed by atoms with Crippen LogP contribution < -0.4 is 4.90 Å². The number of nitrogens with zero attached hydrogens (tertiary/aromatic N) is 2. The summed E-state index contributed by atoms with van der Waals surface area (Å²) in [6, 6.07) is 12.6. The summed E-state index contributed by atoms with van der Waals surface area (Å²) >= 11 is 1.58. The van der Waals surface area contributed by atoms with Gasteiger partial charge >= 0.3 is 0 Å². The van der Waals surface area contributed by atoms with E-state index in [1.807, 2.05) is 24.0 Å². The molecule has 0 spiro atoms. The standard InChI is InChI=1S/C17H20N2OS/c1-13-3-6-15(7-4-13)18-9-11-19(12-10-18)17(20)16-8-5-14(2)21-16/h3-8H,9-12H2,1-2H3. The molecule has 1 aromatic heterocycles. The molecule has 110 valence electrons. The summed E-state index contributed by atoms with van der Waals surface area (Å²) in [6.45, 7) is 7.53. The SMILES string of the molecule is Cc1ccc(N2CCN(C(=O)c3ccc(C)s3)CC2)cc1. The van der Waals surface area contributed by atoms with Gasteiger partial charge in [-0.05, 0) is 38.1 Å². The van der Waals surface area contributed by atoms with Crippen molar-refractivity contribution in [2.75, 3.05) is 31.1 Å². The fraction of sp³-hybridized carbons (Fsp3) is 0.353. The van der Waals surface area contributed by atoms with Crippen LogP contribution >= 0.6 is 11.3 Å². The van der Waals surface area contributed by atoms with Gasteiger partial charge in [-0.1, -0.05) is 17.7 Å². The molecule has 1 amide bonds. The zero-order chi connectivity index (χ0) is 14.8. The van der Waals surface area contributed by atoms with Gasteiger partial charge in [-0.15, -0.1) is 11.3 Å². The Labute approximate surface area is 129 Å². The van der Waals surface area contributed by atoms with Crippen molar-refractivity contribution < 1.29 is 4.79 Å². The van der Waals surface area contributed by atoms with E-state index in [1.54, 1.807) is 11.3 Å². The zero-order valence-corrected chi connectivity index (χ0v) is 13.3. The van der Waals surface area contributed by atoms with Crippen LogP contribution in [0.25, 0.3) is 0 Å². The number of aryl methyl sites for hydroxylation is 2. The highest BCUT2D eigenvalue weighted by Gasteiger charge is 2.23. The topological polar surface area (TPSA) is 23.6 Å². The molecule has 1 aromatic carbocycles. The van der Waals surface area contributed by atoms with Crippen molar-refractivity contribution in [2.24, 2.45) is 0 Å². The summed E-state index contributed by atoms with van der Waals surface area (Å²) in [5.74, 6) is 0.177. The predicted molar refractivity (Wildman–Crippen MR) is 88.4 cm³/mol. The monoisotopic (exact) mass is 300 g/mol. The smallest absolute Gasteiger partial charge is 0.264 e. The highest BCUT2D eigenvalue weighted by molar-refractivity contribution is 7.13. The molecule has 0 aliphatic carbocycles. The van der Waals surface area contributed by atoms with Crippen LogP contribution in [0.1, 0.15) is 20.1 Å². The van der Waals surface area contributed by atoms with Gasteiger partial charge in [-0.2, -0.15) is 0 Å². The van der Waals surface area contributed by atoms with Crippen molar-refractivity contribution >= 4 is 22.9 Å². The molecule has 0 saturated carbocycles. The summed E-state index contributed by atoms with van der Waals surface area (Å²) < 4.78 is 0. The highest BCUT2D eigenvalue weighted by Crippen LogP contribution is 2.20. The van der Waals surface area contributed by atoms with Gasteiger partial charge in [0.1, 0.15) is 0 Å². The molecule has 0 N–H and O–H groups in total. The number of rotatable bonds is 2. The van der Waals surface area contributed by atoms with Gasteiger partial charge in [0.15, 0.2) is 0 Å². The minimum Gasteiger partial charge on any atom is -0.368 e. The quantitative estimate of drug-likeness (QED) is 0.849. The third-order valence-electron chi connectivity index (χ3n) is 3.92. The van der Waals surface area contributed by atoms with Gasteiger partial charge in [0.2, 0.25) is 0 Å². The lowest BCUT2D eigenvalue weighted by molar-refractivity contribution is 0.0751. The molecule has 2 aromatic rings. The second-order valence-corrected chi connectivity index (χ2v) is 6.81. The second-order valence-electron chi connectivity index (χ2n) is 5.53. The first-order chi connectivity index (χ1) is 10.1. The summed E-state index contributed by atoms with van der Waals surface area (Å²) in [5, 5.41) is 0. The third kappa shape index (κ3) is 3.10. The summed E-state index contributed by atoms with van der Waals surface area (Å²) in [5.41, 5.74) is 2.53. The van der Waals surface area contributed by atoms with E-state index >= 15 is 0 Å². The van der Waals surface area contributed by atoms with Crippen LogP contribution in [0.3, 0.4) is 0 Å². The van der Waals surface area contributed by atoms with Crippen molar-refractivity contribution in [1.29, 1.82) is 0 Å². The van der Waals surface area contributed by atoms with Gasteiger partial charge in [-0.25, -0.2) is 0 Å². The number of hydrogen-bond acceptors (Lipinski definition) is 3. The van der Waals surface area contributed by atoms with Gasteiger partial charge in [0.05, 0.1) is 4.88 Å². The lowest BCUT2D eigenvalue weighted by atomic mass is 10.2. The molecule has 0 radical (unpaired) electrons. The van der Waals surface area contributed by atoms with Crippen molar-refractivity contribution in [3.8, 4) is 0 Å². The van der Waals surface area contributed by atoms with Gasteiger partial charge in [-0.3, -0.25) is 4.79 Å². The summed E-state index contributed by atoms with van der Waals surface area (Å²) in [7, 11) is 0. The largest absolute Gasteiger partial charge is 0.368 e. The predicted octanol–water partition coefficient (Wildman–Crippen LogP) is 3.33. The minimum absolute atomic E-state index is 0.177. The van der Waals surface area contributed by atoms with Crippen molar-refractivity contribution in [3.63, 3.8) is 0 Å². The van der Waals surface area contributed by atoms with E-state index in [2.05, 4.69) is 36.1 Å². The van der Waals surface area contributed by atoms with E-state index in [9.17, 15) is 4.79 Å². The number of hydrogen-bond donors (Lipinski definition) is 0. The average molecular weight is 300 g/mol. The maximum atomic E-state index is 12.4. The molecule has 1 saturated heterocycles. The van der Waals surface area contributed by atoms with E-state index in [4.69, 9.17) is 0 Å². The number of thiophene rings is 1. The number of carbonyl (C=O) groups is 1. The fourth-order valence-electron chi connectivity index (χ4n) is 2.63. The first-order valence-electron chi connectivity index (χ1n) is 7.31. The summed E-state index contributed by atoms with van der Waals surface area (Å²) in [6.07, 6.45) is 0. The van der Waals surface area contributed by atoms with Crippen molar-refractivity contribution in [3.05, 3.63) is 51.7 Å². The van der Waals surface area contributed by atoms with Gasteiger partial charge in [0, 0.05) is 36.7 Å². The van der Waals surface area contributed by atoms with E-state index in [1.165, 1.54) is 16.1 Å². The molecule has 1 fully saturated rings.